The molecule has 0 atom stereocenters. The average molecular weight is 334 g/mol. The Morgan fingerprint density at radius 2 is 1.58 bits per heavy atom. The fourth-order valence-electron chi connectivity index (χ4n) is 2.28. The lowest BCUT2D eigenvalue weighted by atomic mass is 10.2. The van der Waals surface area contributed by atoms with Gasteiger partial charge in [0.2, 0.25) is 0 Å². The number of hydrogen-bond donors (Lipinski definition) is 2. The van der Waals surface area contributed by atoms with Crippen LogP contribution in [-0.2, 0) is 0 Å². The molecule has 4 heteroatoms. The second-order valence-electron chi connectivity index (χ2n) is 5.36. The van der Waals surface area contributed by atoms with Gasteiger partial charge in [0.1, 0.15) is 5.75 Å². The molecule has 3 aromatic rings. The Bertz CT molecular complexity index is 834. The molecule has 0 saturated heterocycles. The molecule has 0 heterocycles. The molecule has 0 fully saturated rings. The highest BCUT2D eigenvalue weighted by atomic mass is 32.1. The van der Waals surface area contributed by atoms with Crippen LogP contribution in [0.5, 0.6) is 11.5 Å². The first-order valence-corrected chi connectivity index (χ1v) is 8.08. The van der Waals surface area contributed by atoms with Gasteiger partial charge in [-0.15, -0.1) is 0 Å². The van der Waals surface area contributed by atoms with Gasteiger partial charge in [0.25, 0.3) is 0 Å². The predicted octanol–water partition coefficient (Wildman–Crippen LogP) is 5.60. The van der Waals surface area contributed by atoms with Gasteiger partial charge < -0.3 is 15.4 Å². The van der Waals surface area contributed by atoms with Gasteiger partial charge in [0.15, 0.2) is 10.9 Å². The molecule has 0 radical (unpaired) electrons. The maximum atomic E-state index is 5.93. The molecule has 0 spiro atoms. The number of aryl methyl sites for hydroxylation is 1. The van der Waals surface area contributed by atoms with Crippen LogP contribution < -0.4 is 15.4 Å². The van der Waals surface area contributed by atoms with Gasteiger partial charge in [-0.2, -0.15) is 0 Å². The molecule has 0 amide bonds. The van der Waals surface area contributed by atoms with E-state index in [1.54, 1.807) is 0 Å². The summed E-state index contributed by atoms with van der Waals surface area (Å²) in [6, 6.07) is 25.4. The van der Waals surface area contributed by atoms with Gasteiger partial charge in [-0.05, 0) is 61.1 Å². The Morgan fingerprint density at radius 1 is 0.833 bits per heavy atom. The summed E-state index contributed by atoms with van der Waals surface area (Å²) in [5, 5.41) is 6.90. The molecule has 120 valence electrons. The monoisotopic (exact) mass is 334 g/mol. The minimum atomic E-state index is 0.518. The van der Waals surface area contributed by atoms with Crippen LogP contribution in [0.1, 0.15) is 5.56 Å². The van der Waals surface area contributed by atoms with Crippen molar-refractivity contribution in [2.45, 2.75) is 6.92 Å². The smallest absolute Gasteiger partial charge is 0.175 e. The molecule has 0 bridgehead atoms. The van der Waals surface area contributed by atoms with Crippen LogP contribution in [0.15, 0.2) is 78.9 Å². The summed E-state index contributed by atoms with van der Waals surface area (Å²) in [5.74, 6) is 1.50. The highest BCUT2D eigenvalue weighted by molar-refractivity contribution is 7.80. The van der Waals surface area contributed by atoms with Gasteiger partial charge in [0.05, 0.1) is 5.69 Å². The molecule has 0 saturated carbocycles. The topological polar surface area (TPSA) is 33.3 Å². The Morgan fingerprint density at radius 3 is 2.38 bits per heavy atom. The van der Waals surface area contributed by atoms with Crippen LogP contribution in [0.3, 0.4) is 0 Å². The van der Waals surface area contributed by atoms with Crippen molar-refractivity contribution in [2.75, 3.05) is 10.6 Å². The summed E-state index contributed by atoms with van der Waals surface area (Å²) >= 11 is 5.41. The van der Waals surface area contributed by atoms with Crippen molar-refractivity contribution in [3.05, 3.63) is 84.4 Å². The van der Waals surface area contributed by atoms with Crippen LogP contribution in [0.2, 0.25) is 0 Å². The fourth-order valence-corrected chi connectivity index (χ4v) is 2.51. The largest absolute Gasteiger partial charge is 0.455 e. The molecule has 24 heavy (non-hydrogen) atoms. The first-order valence-electron chi connectivity index (χ1n) is 7.67. The quantitative estimate of drug-likeness (QED) is 0.609. The standard InChI is InChI=1S/C20H18N2OS/c1-15-8-7-9-16(14-15)21-20(24)22-18-12-5-6-13-19(18)23-17-10-3-2-4-11-17/h2-14H,1H3,(H2,21,22,24). The van der Waals surface area contributed by atoms with Gasteiger partial charge in [-0.3, -0.25) is 0 Å². The van der Waals surface area contributed by atoms with Crippen molar-refractivity contribution in [2.24, 2.45) is 0 Å². The number of para-hydroxylation sites is 3. The Balaban J connectivity index is 1.72. The Labute approximate surface area is 147 Å². The Hall–Kier alpha value is -2.85. The van der Waals surface area contributed by atoms with Crippen molar-refractivity contribution in [1.82, 2.24) is 0 Å². The molecule has 3 nitrogen and oxygen atoms in total. The first-order chi connectivity index (χ1) is 11.7. The van der Waals surface area contributed by atoms with Crippen molar-refractivity contribution in [3.63, 3.8) is 0 Å². The third-order valence-corrected chi connectivity index (χ3v) is 3.59. The van der Waals surface area contributed by atoms with Crippen molar-refractivity contribution in [1.29, 1.82) is 0 Å². The van der Waals surface area contributed by atoms with Crippen LogP contribution in [-0.4, -0.2) is 5.11 Å². The lowest BCUT2D eigenvalue weighted by molar-refractivity contribution is 0.485. The zero-order valence-corrected chi connectivity index (χ0v) is 14.1. The highest BCUT2D eigenvalue weighted by Crippen LogP contribution is 2.29. The lowest BCUT2D eigenvalue weighted by Crippen LogP contribution is -2.19. The number of hydrogen-bond acceptors (Lipinski definition) is 2. The second-order valence-corrected chi connectivity index (χ2v) is 5.77. The van der Waals surface area contributed by atoms with E-state index in [2.05, 4.69) is 10.6 Å². The van der Waals surface area contributed by atoms with Crippen molar-refractivity contribution in [3.8, 4) is 11.5 Å². The molecule has 0 unspecified atom stereocenters. The minimum Gasteiger partial charge on any atom is -0.455 e. The number of thiocarbonyl (C=S) groups is 1. The van der Waals surface area contributed by atoms with E-state index >= 15 is 0 Å². The van der Waals surface area contributed by atoms with Crippen molar-refractivity contribution < 1.29 is 4.74 Å². The summed E-state index contributed by atoms with van der Waals surface area (Å²) in [7, 11) is 0. The minimum absolute atomic E-state index is 0.518. The molecule has 0 aliphatic carbocycles. The zero-order valence-electron chi connectivity index (χ0n) is 13.3. The van der Waals surface area contributed by atoms with E-state index in [9.17, 15) is 0 Å². The highest BCUT2D eigenvalue weighted by Gasteiger charge is 2.06. The van der Waals surface area contributed by atoms with Crippen LogP contribution in [0.25, 0.3) is 0 Å². The number of rotatable bonds is 4. The summed E-state index contributed by atoms with van der Waals surface area (Å²) in [4.78, 5) is 0. The molecule has 0 aromatic heterocycles. The van der Waals surface area contributed by atoms with Crippen LogP contribution >= 0.6 is 12.2 Å². The summed E-state index contributed by atoms with van der Waals surface area (Å²) < 4.78 is 5.93. The SMILES string of the molecule is Cc1cccc(NC(=S)Nc2ccccc2Oc2ccccc2)c1. The third kappa shape index (κ3) is 4.33. The zero-order chi connectivity index (χ0) is 16.8. The van der Waals surface area contributed by atoms with Gasteiger partial charge in [-0.25, -0.2) is 0 Å². The van der Waals surface area contributed by atoms with Crippen LogP contribution in [0.4, 0.5) is 11.4 Å². The second kappa shape index (κ2) is 7.62. The molecule has 2 N–H and O–H groups in total. The summed E-state index contributed by atoms with van der Waals surface area (Å²) in [6.07, 6.45) is 0. The third-order valence-electron chi connectivity index (χ3n) is 3.38. The molecule has 0 aliphatic rings. The molecular weight excluding hydrogens is 316 g/mol. The number of benzene rings is 3. The van der Waals surface area contributed by atoms with E-state index in [-0.39, 0.29) is 0 Å². The normalized spacial score (nSPS) is 10.0. The summed E-state index contributed by atoms with van der Waals surface area (Å²) in [6.45, 7) is 2.05. The van der Waals surface area contributed by atoms with Crippen molar-refractivity contribution >= 4 is 28.7 Å². The molecule has 0 aliphatic heterocycles. The van der Waals surface area contributed by atoms with E-state index in [4.69, 9.17) is 17.0 Å². The predicted molar refractivity (Wildman–Crippen MR) is 104 cm³/mol. The first kappa shape index (κ1) is 16.0. The van der Waals surface area contributed by atoms with E-state index < -0.39 is 0 Å². The van der Waals surface area contributed by atoms with E-state index in [0.717, 1.165) is 22.9 Å². The van der Waals surface area contributed by atoms with Crippen LogP contribution in [0, 0.1) is 6.92 Å². The fraction of sp³-hybridized carbons (Fsp3) is 0.0500. The number of anilines is 2. The maximum Gasteiger partial charge on any atom is 0.175 e. The van der Waals surface area contributed by atoms with Gasteiger partial charge in [0, 0.05) is 5.69 Å². The number of nitrogens with one attached hydrogen (secondary N) is 2. The molecule has 3 rings (SSSR count). The Kier molecular flexibility index (Phi) is 5.08. The van der Waals surface area contributed by atoms with Gasteiger partial charge >= 0.3 is 0 Å². The number of ether oxygens (including phenoxy) is 1. The van der Waals surface area contributed by atoms with Gasteiger partial charge in [-0.1, -0.05) is 42.5 Å². The molecular formula is C20H18N2OS. The maximum absolute atomic E-state index is 5.93. The summed E-state index contributed by atoms with van der Waals surface area (Å²) in [5.41, 5.74) is 2.94. The van der Waals surface area contributed by atoms with E-state index in [0.29, 0.717) is 5.11 Å². The molecule has 3 aromatic carbocycles. The average Bonchev–Trinajstić information content (AvgIpc) is 2.57. The van der Waals surface area contributed by atoms with E-state index in [1.165, 1.54) is 5.56 Å². The lowest BCUT2D eigenvalue weighted by Gasteiger charge is -2.15. The van der Waals surface area contributed by atoms with E-state index in [1.807, 2.05) is 85.8 Å².